The van der Waals surface area contributed by atoms with Crippen LogP contribution in [-0.4, -0.2) is 33.6 Å². The molecule has 3 aliphatic rings. The van der Waals surface area contributed by atoms with Crippen molar-refractivity contribution in [3.63, 3.8) is 0 Å². The van der Waals surface area contributed by atoms with Crippen LogP contribution in [0.3, 0.4) is 0 Å². The van der Waals surface area contributed by atoms with Crippen LogP contribution in [0.1, 0.15) is 42.5 Å². The molecule has 2 heterocycles. The van der Waals surface area contributed by atoms with Crippen molar-refractivity contribution in [2.75, 3.05) is 6.54 Å². The number of aromatic nitrogens is 2. The van der Waals surface area contributed by atoms with Crippen LogP contribution in [0.15, 0.2) is 17.1 Å². The molecular formula is C15H19N3O2. The van der Waals surface area contributed by atoms with Crippen LogP contribution in [-0.2, 0) is 0 Å². The summed E-state index contributed by atoms with van der Waals surface area (Å²) in [5, 5.41) is 6.07. The van der Waals surface area contributed by atoms with Crippen LogP contribution in [0.25, 0.3) is 0 Å². The van der Waals surface area contributed by atoms with Crippen molar-refractivity contribution >= 4 is 5.91 Å². The number of nitrogens with zero attached hydrogens (tertiary/aromatic N) is 2. The Hall–Kier alpha value is -1.65. The molecule has 5 heteroatoms. The highest BCUT2D eigenvalue weighted by atomic mass is 16.2. The van der Waals surface area contributed by atoms with E-state index in [4.69, 9.17) is 0 Å². The van der Waals surface area contributed by atoms with Crippen LogP contribution >= 0.6 is 0 Å². The zero-order valence-corrected chi connectivity index (χ0v) is 11.4. The van der Waals surface area contributed by atoms with Gasteiger partial charge in [-0.25, -0.2) is 5.10 Å². The number of hydrogen-bond acceptors (Lipinski definition) is 3. The Morgan fingerprint density at radius 3 is 2.60 bits per heavy atom. The molecule has 1 aromatic rings. The first-order valence-corrected chi connectivity index (χ1v) is 7.58. The lowest BCUT2D eigenvalue weighted by Crippen LogP contribution is -2.37. The third-order valence-corrected chi connectivity index (χ3v) is 5.00. The molecule has 1 N–H and O–H groups in total. The van der Waals surface area contributed by atoms with E-state index in [1.807, 2.05) is 4.90 Å². The number of aromatic amines is 1. The molecule has 1 aliphatic heterocycles. The first kappa shape index (κ1) is 12.1. The second-order valence-corrected chi connectivity index (χ2v) is 6.53. The highest BCUT2D eigenvalue weighted by Crippen LogP contribution is 2.48. The summed E-state index contributed by atoms with van der Waals surface area (Å²) in [4.78, 5) is 26.0. The fraction of sp³-hybridized carbons (Fsp3) is 0.667. The van der Waals surface area contributed by atoms with Gasteiger partial charge < -0.3 is 4.90 Å². The molecule has 3 fully saturated rings. The molecule has 20 heavy (non-hydrogen) atoms. The van der Waals surface area contributed by atoms with E-state index in [9.17, 15) is 9.59 Å². The molecule has 0 unspecified atom stereocenters. The number of hydrogen-bond donors (Lipinski definition) is 1. The summed E-state index contributed by atoms with van der Waals surface area (Å²) in [7, 11) is 0. The van der Waals surface area contributed by atoms with Gasteiger partial charge >= 0.3 is 0 Å². The van der Waals surface area contributed by atoms with Crippen molar-refractivity contribution in [3.8, 4) is 0 Å². The smallest absolute Gasteiger partial charge is 0.264 e. The zero-order valence-electron chi connectivity index (χ0n) is 11.4. The van der Waals surface area contributed by atoms with Crippen LogP contribution in [0.2, 0.25) is 0 Å². The van der Waals surface area contributed by atoms with Crippen molar-refractivity contribution in [2.24, 2.45) is 17.8 Å². The predicted octanol–water partition coefficient (Wildman–Crippen LogP) is 1.42. The molecule has 0 aromatic carbocycles. The van der Waals surface area contributed by atoms with Gasteiger partial charge in [0, 0.05) is 18.7 Å². The standard InChI is InChI=1S/C15H19N3O2/c19-14-6-11(7-16-17-14)15(20)18-8-12(9-1-2-9)5-13(18)10-3-4-10/h6-7,9-10,12-13H,1-5,8H2,(H,17,19)/t12-,13-/m1/s1. The molecule has 0 bridgehead atoms. The molecule has 4 rings (SSSR count). The molecule has 106 valence electrons. The van der Waals surface area contributed by atoms with Gasteiger partial charge in [-0.2, -0.15) is 5.10 Å². The highest BCUT2D eigenvalue weighted by Gasteiger charge is 2.47. The Morgan fingerprint density at radius 2 is 1.95 bits per heavy atom. The summed E-state index contributed by atoms with van der Waals surface area (Å²) in [6, 6.07) is 1.76. The molecule has 1 amide bonds. The predicted molar refractivity (Wildman–Crippen MR) is 73.2 cm³/mol. The Morgan fingerprint density at radius 1 is 1.20 bits per heavy atom. The second kappa shape index (κ2) is 4.43. The molecule has 0 spiro atoms. The molecule has 2 saturated carbocycles. The van der Waals surface area contributed by atoms with Gasteiger partial charge in [-0.1, -0.05) is 0 Å². The molecular weight excluding hydrogens is 254 g/mol. The number of likely N-dealkylation sites (tertiary alicyclic amines) is 1. The monoisotopic (exact) mass is 273 g/mol. The number of carbonyl (C=O) groups excluding carboxylic acids is 1. The summed E-state index contributed by atoms with van der Waals surface area (Å²) in [6.07, 6.45) is 7.79. The average molecular weight is 273 g/mol. The summed E-state index contributed by atoms with van der Waals surface area (Å²) in [5.41, 5.74) is 0.118. The SMILES string of the molecule is O=C(c1cn[nH]c(=O)c1)N1C[C@H](C2CC2)C[C@@H]1C1CC1. The lowest BCUT2D eigenvalue weighted by Gasteiger charge is -2.24. The van der Waals surface area contributed by atoms with E-state index in [1.54, 1.807) is 0 Å². The normalized spacial score (nSPS) is 29.7. The third kappa shape index (κ3) is 2.15. The zero-order chi connectivity index (χ0) is 13.7. The van der Waals surface area contributed by atoms with Crippen molar-refractivity contribution < 1.29 is 4.79 Å². The van der Waals surface area contributed by atoms with Crippen LogP contribution in [0.4, 0.5) is 0 Å². The summed E-state index contributed by atoms with van der Waals surface area (Å²) >= 11 is 0. The topological polar surface area (TPSA) is 66.1 Å². The molecule has 1 aromatic heterocycles. The Balaban J connectivity index is 1.58. The summed E-state index contributed by atoms with van der Waals surface area (Å²) < 4.78 is 0. The molecule has 2 atom stereocenters. The van der Waals surface area contributed by atoms with Crippen molar-refractivity contribution in [2.45, 2.75) is 38.1 Å². The first-order chi connectivity index (χ1) is 9.72. The minimum atomic E-state index is -0.309. The van der Waals surface area contributed by atoms with Gasteiger partial charge in [0.1, 0.15) is 0 Å². The van der Waals surface area contributed by atoms with Gasteiger partial charge in [-0.3, -0.25) is 9.59 Å². The lowest BCUT2D eigenvalue weighted by molar-refractivity contribution is 0.0715. The van der Waals surface area contributed by atoms with E-state index in [2.05, 4.69) is 10.2 Å². The Kier molecular flexibility index (Phi) is 2.69. The maximum atomic E-state index is 12.7. The number of H-pyrrole nitrogens is 1. The summed E-state index contributed by atoms with van der Waals surface area (Å²) in [5.74, 6) is 2.20. The van der Waals surface area contributed by atoms with Crippen molar-refractivity contribution in [1.29, 1.82) is 0 Å². The molecule has 0 radical (unpaired) electrons. The van der Waals surface area contributed by atoms with E-state index < -0.39 is 0 Å². The minimum absolute atomic E-state index is 0.0105. The Labute approximate surface area is 117 Å². The second-order valence-electron chi connectivity index (χ2n) is 6.53. The van der Waals surface area contributed by atoms with E-state index in [1.165, 1.54) is 37.9 Å². The van der Waals surface area contributed by atoms with Gasteiger partial charge in [0.2, 0.25) is 0 Å². The number of carbonyl (C=O) groups is 1. The van der Waals surface area contributed by atoms with E-state index in [0.717, 1.165) is 18.9 Å². The lowest BCUT2D eigenvalue weighted by atomic mass is 9.98. The van der Waals surface area contributed by atoms with E-state index in [0.29, 0.717) is 23.4 Å². The van der Waals surface area contributed by atoms with Gasteiger partial charge in [-0.15, -0.1) is 0 Å². The largest absolute Gasteiger partial charge is 0.335 e. The van der Waals surface area contributed by atoms with Gasteiger partial charge in [0.15, 0.2) is 0 Å². The highest BCUT2D eigenvalue weighted by molar-refractivity contribution is 5.94. The molecule has 5 nitrogen and oxygen atoms in total. The Bertz CT molecular complexity index is 589. The third-order valence-electron chi connectivity index (χ3n) is 5.00. The van der Waals surface area contributed by atoms with Crippen LogP contribution in [0, 0.1) is 17.8 Å². The maximum absolute atomic E-state index is 12.7. The summed E-state index contributed by atoms with van der Waals surface area (Å²) in [6.45, 7) is 0.872. The van der Waals surface area contributed by atoms with E-state index >= 15 is 0 Å². The average Bonchev–Trinajstić information content (AvgIpc) is 3.36. The van der Waals surface area contributed by atoms with Gasteiger partial charge in [-0.05, 0) is 49.9 Å². The van der Waals surface area contributed by atoms with Gasteiger partial charge in [0.05, 0.1) is 11.8 Å². The van der Waals surface area contributed by atoms with Crippen molar-refractivity contribution in [3.05, 3.63) is 28.2 Å². The number of nitrogens with one attached hydrogen (secondary N) is 1. The molecule has 1 saturated heterocycles. The fourth-order valence-corrected chi connectivity index (χ4v) is 3.63. The quantitative estimate of drug-likeness (QED) is 0.905. The minimum Gasteiger partial charge on any atom is -0.335 e. The fourth-order valence-electron chi connectivity index (χ4n) is 3.63. The maximum Gasteiger partial charge on any atom is 0.264 e. The van der Waals surface area contributed by atoms with E-state index in [-0.39, 0.29) is 11.5 Å². The first-order valence-electron chi connectivity index (χ1n) is 7.58. The van der Waals surface area contributed by atoms with Crippen molar-refractivity contribution in [1.82, 2.24) is 15.1 Å². The number of amides is 1. The molecule has 2 aliphatic carbocycles. The van der Waals surface area contributed by atoms with Crippen LogP contribution in [0.5, 0.6) is 0 Å². The van der Waals surface area contributed by atoms with Gasteiger partial charge in [0.25, 0.3) is 11.5 Å². The van der Waals surface area contributed by atoms with Crippen LogP contribution < -0.4 is 5.56 Å². The number of rotatable bonds is 3.